The fourth-order valence-electron chi connectivity index (χ4n) is 1.67. The van der Waals surface area contributed by atoms with Gasteiger partial charge in [-0.2, -0.15) is 0 Å². The Hall–Kier alpha value is -1.04. The van der Waals surface area contributed by atoms with Gasteiger partial charge in [-0.15, -0.1) is 0 Å². The Morgan fingerprint density at radius 2 is 1.90 bits per heavy atom. The summed E-state index contributed by atoms with van der Waals surface area (Å²) in [5, 5.41) is 0.195. The van der Waals surface area contributed by atoms with E-state index in [1.807, 2.05) is 0 Å². The number of ether oxygens (including phenoxy) is 1. The van der Waals surface area contributed by atoms with Crippen molar-refractivity contribution in [2.24, 2.45) is 0 Å². The van der Waals surface area contributed by atoms with Crippen LogP contribution in [0.1, 0.15) is 36.0 Å². The molecule has 1 heterocycles. The quantitative estimate of drug-likeness (QED) is 0.734. The molecule has 0 fully saturated rings. The molecule has 0 aliphatic carbocycles. The molecule has 2 aromatic rings. The lowest BCUT2D eigenvalue weighted by Gasteiger charge is -2.18. The second kappa shape index (κ2) is 6.38. The monoisotopic (exact) mass is 341 g/mol. The van der Waals surface area contributed by atoms with Gasteiger partial charge in [0.25, 0.3) is 0 Å². The molecule has 1 aromatic carbocycles. The van der Waals surface area contributed by atoms with Crippen molar-refractivity contribution in [3.63, 3.8) is 0 Å². The molecule has 0 N–H and O–H groups in total. The van der Waals surface area contributed by atoms with Crippen LogP contribution in [0.3, 0.4) is 0 Å². The molecule has 3 nitrogen and oxygen atoms in total. The van der Waals surface area contributed by atoms with Crippen LogP contribution in [-0.2, 0) is 10.2 Å². The van der Waals surface area contributed by atoms with Gasteiger partial charge in [0.05, 0.1) is 7.11 Å². The maximum atomic E-state index is 11.5. The molecule has 0 radical (unpaired) electrons. The van der Waals surface area contributed by atoms with E-state index in [1.54, 1.807) is 0 Å². The van der Waals surface area contributed by atoms with Crippen molar-refractivity contribution in [1.29, 1.82) is 0 Å². The summed E-state index contributed by atoms with van der Waals surface area (Å²) in [6, 6.07) is 8.33. The summed E-state index contributed by atoms with van der Waals surface area (Å²) in [6.45, 7) is 6.54. The second-order valence-electron chi connectivity index (χ2n) is 5.47. The SMILES string of the molecule is COC(=O)c1sc(Sc2ccc(C(C)(C)C)cc2)nc1Cl. The summed E-state index contributed by atoms with van der Waals surface area (Å²) in [5.74, 6) is -0.451. The number of hydrogen-bond donors (Lipinski definition) is 0. The zero-order valence-corrected chi connectivity index (χ0v) is 14.7. The molecule has 0 aliphatic rings. The van der Waals surface area contributed by atoms with Gasteiger partial charge >= 0.3 is 5.97 Å². The normalized spacial score (nSPS) is 11.5. The molecular formula is C15H16ClNO2S2. The Morgan fingerprint density at radius 1 is 1.29 bits per heavy atom. The first-order chi connectivity index (χ1) is 9.81. The van der Waals surface area contributed by atoms with Gasteiger partial charge in [-0.1, -0.05) is 67.6 Å². The van der Waals surface area contributed by atoms with Crippen LogP contribution in [0.15, 0.2) is 33.5 Å². The fourth-order valence-corrected chi connectivity index (χ4v) is 3.97. The molecule has 112 valence electrons. The van der Waals surface area contributed by atoms with Crippen molar-refractivity contribution in [2.45, 2.75) is 35.4 Å². The molecule has 0 amide bonds. The molecule has 6 heteroatoms. The molecule has 2 rings (SSSR count). The standard InChI is InChI=1S/C15H16ClNO2S2/c1-15(2,3)9-5-7-10(8-6-9)20-14-17-12(16)11(21-14)13(18)19-4/h5-8H,1-4H3. The summed E-state index contributed by atoms with van der Waals surface area (Å²) in [6.07, 6.45) is 0. The molecule has 1 aromatic heterocycles. The van der Waals surface area contributed by atoms with Crippen molar-refractivity contribution < 1.29 is 9.53 Å². The lowest BCUT2D eigenvalue weighted by Crippen LogP contribution is -2.10. The number of carbonyl (C=O) groups is 1. The Bertz CT molecular complexity index is 645. The average molecular weight is 342 g/mol. The van der Waals surface area contributed by atoms with E-state index in [-0.39, 0.29) is 10.6 Å². The summed E-state index contributed by atoms with van der Waals surface area (Å²) >= 11 is 8.68. The highest BCUT2D eigenvalue weighted by molar-refractivity contribution is 8.01. The first kappa shape index (κ1) is 16.3. The lowest BCUT2D eigenvalue weighted by atomic mass is 9.87. The number of aromatic nitrogens is 1. The van der Waals surface area contributed by atoms with Gasteiger partial charge in [-0.25, -0.2) is 9.78 Å². The topological polar surface area (TPSA) is 39.2 Å². The van der Waals surface area contributed by atoms with Crippen LogP contribution in [-0.4, -0.2) is 18.1 Å². The predicted octanol–water partition coefficient (Wildman–Crippen LogP) is 5.03. The first-order valence-electron chi connectivity index (χ1n) is 6.34. The van der Waals surface area contributed by atoms with E-state index in [4.69, 9.17) is 11.6 Å². The van der Waals surface area contributed by atoms with Crippen LogP contribution in [0.2, 0.25) is 5.15 Å². The molecule has 0 spiro atoms. The number of benzene rings is 1. The van der Waals surface area contributed by atoms with Gasteiger partial charge in [-0.3, -0.25) is 0 Å². The third-order valence-corrected chi connectivity index (χ3v) is 5.35. The molecule has 0 bridgehead atoms. The largest absolute Gasteiger partial charge is 0.465 e. The smallest absolute Gasteiger partial charge is 0.351 e. The van der Waals surface area contributed by atoms with E-state index in [9.17, 15) is 4.79 Å². The van der Waals surface area contributed by atoms with E-state index in [0.717, 1.165) is 9.24 Å². The number of carbonyl (C=O) groups excluding carboxylic acids is 1. The first-order valence-corrected chi connectivity index (χ1v) is 8.35. The minimum Gasteiger partial charge on any atom is -0.465 e. The van der Waals surface area contributed by atoms with Crippen LogP contribution in [0.5, 0.6) is 0 Å². The highest BCUT2D eigenvalue weighted by atomic mass is 35.5. The number of esters is 1. The Balaban J connectivity index is 2.17. The minimum atomic E-state index is -0.451. The number of hydrogen-bond acceptors (Lipinski definition) is 5. The van der Waals surface area contributed by atoms with Crippen LogP contribution in [0.25, 0.3) is 0 Å². The van der Waals surface area contributed by atoms with Crippen LogP contribution < -0.4 is 0 Å². The lowest BCUT2D eigenvalue weighted by molar-refractivity contribution is 0.0606. The van der Waals surface area contributed by atoms with Crippen molar-refractivity contribution in [1.82, 2.24) is 4.98 Å². The minimum absolute atomic E-state index is 0.131. The molecule has 21 heavy (non-hydrogen) atoms. The Labute approximate surface area is 137 Å². The van der Waals surface area contributed by atoms with E-state index >= 15 is 0 Å². The van der Waals surface area contributed by atoms with Gasteiger partial charge in [0.2, 0.25) is 0 Å². The summed E-state index contributed by atoms with van der Waals surface area (Å²) in [4.78, 5) is 17.1. The molecule has 0 saturated heterocycles. The summed E-state index contributed by atoms with van der Waals surface area (Å²) < 4.78 is 5.40. The summed E-state index contributed by atoms with van der Waals surface area (Å²) in [7, 11) is 1.33. The number of nitrogens with zero attached hydrogens (tertiary/aromatic N) is 1. The third kappa shape index (κ3) is 3.99. The number of methoxy groups -OCH3 is 1. The molecular weight excluding hydrogens is 326 g/mol. The van der Waals surface area contributed by atoms with E-state index in [0.29, 0.717) is 4.88 Å². The maximum absolute atomic E-state index is 11.5. The maximum Gasteiger partial charge on any atom is 0.351 e. The van der Waals surface area contributed by atoms with Crippen LogP contribution >= 0.6 is 34.7 Å². The van der Waals surface area contributed by atoms with Gasteiger partial charge < -0.3 is 4.74 Å². The zero-order chi connectivity index (χ0) is 15.6. The van der Waals surface area contributed by atoms with Crippen molar-refractivity contribution in [3.05, 3.63) is 39.9 Å². The Morgan fingerprint density at radius 3 is 2.43 bits per heavy atom. The highest BCUT2D eigenvalue weighted by Crippen LogP contribution is 2.36. The Kier molecular flexibility index (Phi) is 4.96. The second-order valence-corrected chi connectivity index (χ2v) is 8.15. The highest BCUT2D eigenvalue weighted by Gasteiger charge is 2.18. The molecule has 0 aliphatic heterocycles. The number of thiazole rings is 1. The van der Waals surface area contributed by atoms with Crippen molar-refractivity contribution >= 4 is 40.7 Å². The van der Waals surface area contributed by atoms with Crippen molar-refractivity contribution in [3.8, 4) is 0 Å². The summed E-state index contributed by atoms with van der Waals surface area (Å²) in [5.41, 5.74) is 1.41. The van der Waals surface area contributed by atoms with Crippen LogP contribution in [0, 0.1) is 0 Å². The molecule has 0 saturated carbocycles. The van der Waals surface area contributed by atoms with E-state index in [1.165, 1.54) is 35.8 Å². The van der Waals surface area contributed by atoms with Gasteiger partial charge in [0, 0.05) is 4.90 Å². The van der Waals surface area contributed by atoms with Gasteiger partial charge in [0.1, 0.15) is 0 Å². The third-order valence-electron chi connectivity index (χ3n) is 2.86. The van der Waals surface area contributed by atoms with E-state index in [2.05, 4.69) is 54.8 Å². The number of rotatable bonds is 3. The fraction of sp³-hybridized carbons (Fsp3) is 0.333. The number of halogens is 1. The van der Waals surface area contributed by atoms with Gasteiger partial charge in [-0.05, 0) is 23.1 Å². The predicted molar refractivity (Wildman–Crippen MR) is 87.7 cm³/mol. The van der Waals surface area contributed by atoms with Gasteiger partial charge in [0.15, 0.2) is 14.4 Å². The average Bonchev–Trinajstić information content (AvgIpc) is 2.78. The van der Waals surface area contributed by atoms with E-state index < -0.39 is 5.97 Å². The zero-order valence-electron chi connectivity index (χ0n) is 12.3. The molecule has 0 atom stereocenters. The van der Waals surface area contributed by atoms with Crippen molar-refractivity contribution in [2.75, 3.05) is 7.11 Å². The van der Waals surface area contributed by atoms with Crippen LogP contribution in [0.4, 0.5) is 0 Å². The molecule has 0 unspecified atom stereocenters.